The van der Waals surface area contributed by atoms with Crippen molar-refractivity contribution in [2.24, 2.45) is 0 Å². The summed E-state index contributed by atoms with van der Waals surface area (Å²) in [5.74, 6) is 0.0786. The fraction of sp³-hybridized carbons (Fsp3) is 0.136. The molecule has 0 N–H and O–H groups in total. The molecule has 0 aliphatic carbocycles. The third-order valence-corrected chi connectivity index (χ3v) is 4.90. The van der Waals surface area contributed by atoms with Crippen LogP contribution in [0.5, 0.6) is 0 Å². The van der Waals surface area contributed by atoms with E-state index in [2.05, 4.69) is 4.90 Å². The Morgan fingerprint density at radius 1 is 0.889 bits per heavy atom. The van der Waals surface area contributed by atoms with E-state index in [1.54, 1.807) is 12.1 Å². The van der Waals surface area contributed by atoms with Gasteiger partial charge in [0.1, 0.15) is 0 Å². The van der Waals surface area contributed by atoms with Gasteiger partial charge in [-0.2, -0.15) is 0 Å². The van der Waals surface area contributed by atoms with E-state index in [1.165, 1.54) is 12.1 Å². The van der Waals surface area contributed by atoms with Gasteiger partial charge in [-0.1, -0.05) is 72.8 Å². The molecule has 1 aliphatic heterocycles. The van der Waals surface area contributed by atoms with Crippen molar-refractivity contribution in [2.75, 3.05) is 0 Å². The van der Waals surface area contributed by atoms with Gasteiger partial charge in [0.15, 0.2) is 5.78 Å². The fourth-order valence-electron chi connectivity index (χ4n) is 3.50. The standard InChI is InChI=1S/C22H18N2O3/c25-22(18-9-5-2-6-10-18)21-20(17-11-13-19(14-12-17)24(26)27)23(21)15-16-7-3-1-4-8-16/h1-14,20-21H,15H2. The SMILES string of the molecule is O=C(c1ccccc1)C1C(c2ccc([N+](=O)[O-])cc2)N1Cc1ccccc1. The lowest BCUT2D eigenvalue weighted by Crippen LogP contribution is -2.13. The van der Waals surface area contributed by atoms with E-state index in [9.17, 15) is 14.9 Å². The summed E-state index contributed by atoms with van der Waals surface area (Å²) >= 11 is 0. The highest BCUT2D eigenvalue weighted by molar-refractivity contribution is 6.02. The van der Waals surface area contributed by atoms with Crippen LogP contribution in [0.1, 0.15) is 27.5 Å². The van der Waals surface area contributed by atoms with Crippen LogP contribution in [0.4, 0.5) is 5.69 Å². The van der Waals surface area contributed by atoms with Gasteiger partial charge < -0.3 is 0 Å². The summed E-state index contributed by atoms with van der Waals surface area (Å²) < 4.78 is 0. The first kappa shape index (κ1) is 17.1. The molecule has 0 radical (unpaired) electrons. The zero-order valence-electron chi connectivity index (χ0n) is 14.6. The number of nitro benzene ring substituents is 1. The summed E-state index contributed by atoms with van der Waals surface area (Å²) in [6.45, 7) is 0.658. The van der Waals surface area contributed by atoms with Crippen molar-refractivity contribution in [3.63, 3.8) is 0 Å². The van der Waals surface area contributed by atoms with Crippen LogP contribution < -0.4 is 0 Å². The number of carbonyl (C=O) groups excluding carboxylic acids is 1. The van der Waals surface area contributed by atoms with Crippen molar-refractivity contribution in [2.45, 2.75) is 18.6 Å². The van der Waals surface area contributed by atoms with Gasteiger partial charge in [-0.3, -0.25) is 19.8 Å². The first-order valence-electron chi connectivity index (χ1n) is 8.78. The second-order valence-corrected chi connectivity index (χ2v) is 6.63. The third-order valence-electron chi connectivity index (χ3n) is 4.90. The van der Waals surface area contributed by atoms with Crippen molar-refractivity contribution >= 4 is 11.5 Å². The number of hydrogen-bond acceptors (Lipinski definition) is 4. The van der Waals surface area contributed by atoms with Gasteiger partial charge in [0.05, 0.1) is 17.0 Å². The van der Waals surface area contributed by atoms with Gasteiger partial charge in [0.2, 0.25) is 0 Å². The van der Waals surface area contributed by atoms with E-state index in [-0.39, 0.29) is 23.6 Å². The molecule has 27 heavy (non-hydrogen) atoms. The van der Waals surface area contributed by atoms with Gasteiger partial charge in [-0.15, -0.1) is 0 Å². The van der Waals surface area contributed by atoms with E-state index >= 15 is 0 Å². The Morgan fingerprint density at radius 3 is 2.07 bits per heavy atom. The Hall–Kier alpha value is -3.31. The van der Waals surface area contributed by atoms with Crippen LogP contribution in [0.25, 0.3) is 0 Å². The molecule has 0 spiro atoms. The number of Topliss-reactive ketones (excluding diaryl/α,β-unsaturated/α-hetero) is 1. The summed E-state index contributed by atoms with van der Waals surface area (Å²) in [7, 11) is 0. The zero-order valence-corrected chi connectivity index (χ0v) is 14.6. The Morgan fingerprint density at radius 2 is 1.48 bits per heavy atom. The molecule has 3 atom stereocenters. The zero-order chi connectivity index (χ0) is 18.8. The average Bonchev–Trinajstić information content (AvgIpc) is 3.42. The molecule has 1 aliphatic rings. The average molecular weight is 358 g/mol. The largest absolute Gasteiger partial charge is 0.292 e. The minimum absolute atomic E-state index is 0.0555. The number of nitrogens with zero attached hydrogens (tertiary/aromatic N) is 2. The van der Waals surface area contributed by atoms with Crippen LogP contribution >= 0.6 is 0 Å². The van der Waals surface area contributed by atoms with E-state index < -0.39 is 4.92 Å². The second-order valence-electron chi connectivity index (χ2n) is 6.63. The number of ketones is 1. The maximum absolute atomic E-state index is 13.0. The fourth-order valence-corrected chi connectivity index (χ4v) is 3.50. The molecular formula is C22H18N2O3. The Kier molecular flexibility index (Phi) is 4.52. The maximum Gasteiger partial charge on any atom is 0.269 e. The van der Waals surface area contributed by atoms with Crippen LogP contribution in [0.15, 0.2) is 84.9 Å². The molecular weight excluding hydrogens is 340 g/mol. The first-order chi connectivity index (χ1) is 13.1. The van der Waals surface area contributed by atoms with Crippen molar-refractivity contribution in [1.82, 2.24) is 4.90 Å². The van der Waals surface area contributed by atoms with Crippen LogP contribution in [0.3, 0.4) is 0 Å². The second kappa shape index (κ2) is 7.13. The normalized spacial score (nSPS) is 20.8. The van der Waals surface area contributed by atoms with Gasteiger partial charge in [0.25, 0.3) is 5.69 Å². The van der Waals surface area contributed by atoms with Gasteiger partial charge >= 0.3 is 0 Å². The van der Waals surface area contributed by atoms with Crippen LogP contribution in [0, 0.1) is 10.1 Å². The minimum Gasteiger partial charge on any atom is -0.292 e. The van der Waals surface area contributed by atoms with E-state index in [4.69, 9.17) is 0 Å². The number of nitro groups is 1. The smallest absolute Gasteiger partial charge is 0.269 e. The highest BCUT2D eigenvalue weighted by Gasteiger charge is 2.52. The van der Waals surface area contributed by atoms with Gasteiger partial charge in [-0.25, -0.2) is 0 Å². The van der Waals surface area contributed by atoms with Crippen molar-refractivity contribution in [1.29, 1.82) is 0 Å². The number of benzene rings is 3. The molecule has 134 valence electrons. The molecule has 3 unspecified atom stereocenters. The van der Waals surface area contributed by atoms with Crippen molar-refractivity contribution < 1.29 is 9.72 Å². The van der Waals surface area contributed by atoms with Crippen molar-refractivity contribution in [3.8, 4) is 0 Å². The topological polar surface area (TPSA) is 63.2 Å². The molecule has 4 rings (SSSR count). The Bertz CT molecular complexity index is 956. The lowest BCUT2D eigenvalue weighted by molar-refractivity contribution is -0.384. The molecule has 1 fully saturated rings. The Balaban J connectivity index is 1.62. The number of non-ortho nitro benzene ring substituents is 1. The predicted octanol–water partition coefficient (Wildman–Crippen LogP) is 4.40. The molecule has 0 bridgehead atoms. The van der Waals surface area contributed by atoms with E-state index in [1.807, 2.05) is 60.7 Å². The molecule has 5 nitrogen and oxygen atoms in total. The maximum atomic E-state index is 13.0. The molecule has 5 heteroatoms. The predicted molar refractivity (Wildman–Crippen MR) is 102 cm³/mol. The molecule has 1 heterocycles. The number of hydrogen-bond donors (Lipinski definition) is 0. The van der Waals surface area contributed by atoms with E-state index in [0.717, 1.165) is 11.1 Å². The van der Waals surface area contributed by atoms with Gasteiger partial charge in [-0.05, 0) is 11.1 Å². The summed E-state index contributed by atoms with van der Waals surface area (Å²) in [4.78, 5) is 25.6. The number of carbonyl (C=O) groups is 1. The van der Waals surface area contributed by atoms with Gasteiger partial charge in [0, 0.05) is 24.2 Å². The molecule has 0 amide bonds. The number of rotatable bonds is 6. The molecule has 3 aromatic carbocycles. The lowest BCUT2D eigenvalue weighted by atomic mass is 10.0. The minimum atomic E-state index is -0.412. The summed E-state index contributed by atoms with van der Waals surface area (Å²) in [5, 5.41) is 10.9. The van der Waals surface area contributed by atoms with Crippen molar-refractivity contribution in [3.05, 3.63) is 112 Å². The summed E-state index contributed by atoms with van der Waals surface area (Å²) in [6.07, 6.45) is 0. The highest BCUT2D eigenvalue weighted by atomic mass is 16.6. The van der Waals surface area contributed by atoms with Crippen LogP contribution in [-0.4, -0.2) is 21.6 Å². The molecule has 0 aromatic heterocycles. The first-order valence-corrected chi connectivity index (χ1v) is 8.78. The van der Waals surface area contributed by atoms with E-state index in [0.29, 0.717) is 12.1 Å². The quantitative estimate of drug-likeness (QED) is 0.283. The molecule has 1 saturated heterocycles. The van der Waals surface area contributed by atoms with Crippen LogP contribution in [0.2, 0.25) is 0 Å². The molecule has 0 saturated carbocycles. The lowest BCUT2D eigenvalue weighted by Gasteiger charge is -2.04. The van der Waals surface area contributed by atoms with Crippen LogP contribution in [-0.2, 0) is 6.54 Å². The highest BCUT2D eigenvalue weighted by Crippen LogP contribution is 2.46. The monoisotopic (exact) mass is 358 g/mol. The third kappa shape index (κ3) is 3.50. The molecule has 3 aromatic rings. The Labute approximate surface area is 157 Å². The summed E-state index contributed by atoms with van der Waals surface area (Å²) in [5.41, 5.74) is 2.79. The summed E-state index contributed by atoms with van der Waals surface area (Å²) in [6, 6.07) is 25.4.